The van der Waals surface area contributed by atoms with E-state index in [-0.39, 0.29) is 24.1 Å². The van der Waals surface area contributed by atoms with Gasteiger partial charge in [0.05, 0.1) is 0 Å². The molecule has 0 aromatic heterocycles. The first-order valence-electron chi connectivity index (χ1n) is 12.5. The van der Waals surface area contributed by atoms with Gasteiger partial charge in [-0.3, -0.25) is 0 Å². The quantitative estimate of drug-likeness (QED) is 0.200. The van der Waals surface area contributed by atoms with Gasteiger partial charge in [-0.1, -0.05) is 87.0 Å². The van der Waals surface area contributed by atoms with E-state index in [4.69, 9.17) is 10.5 Å². The fourth-order valence-electron chi connectivity index (χ4n) is 4.27. The maximum Gasteiger partial charge on any atom is 0.573 e. The topological polar surface area (TPSA) is 66.1 Å². The van der Waals surface area contributed by atoms with Gasteiger partial charge in [-0.2, -0.15) is 0 Å². The Morgan fingerprint density at radius 2 is 1.25 bits per heavy atom. The molecule has 230 valence electrons. The number of amidine groups is 1. The third-order valence-corrected chi connectivity index (χ3v) is 7.19. The summed E-state index contributed by atoms with van der Waals surface area (Å²) in [6, 6.07) is 26.1. The second-order valence-electron chi connectivity index (χ2n) is 9.24. The number of nitrogens with zero attached hydrogens (tertiary/aromatic N) is 1. The van der Waals surface area contributed by atoms with Gasteiger partial charge in [0.2, 0.25) is 0 Å². The molecule has 1 aliphatic rings. The lowest BCUT2D eigenvalue weighted by atomic mass is 9.84. The summed E-state index contributed by atoms with van der Waals surface area (Å²) >= 11 is 6.76. The third kappa shape index (κ3) is 8.79. The van der Waals surface area contributed by atoms with Crippen LogP contribution in [0.2, 0.25) is 0 Å². The number of halogens is 8. The average molecular weight is 744 g/mol. The van der Waals surface area contributed by atoms with E-state index in [0.29, 0.717) is 5.56 Å². The van der Waals surface area contributed by atoms with Gasteiger partial charge in [-0.05, 0) is 76.4 Å². The van der Waals surface area contributed by atoms with Crippen LogP contribution in [-0.2, 0) is 10.3 Å². The van der Waals surface area contributed by atoms with E-state index in [9.17, 15) is 26.3 Å². The molecule has 0 fully saturated rings. The Kier molecular flexibility index (Phi) is 9.99. The Morgan fingerprint density at radius 1 is 0.727 bits per heavy atom. The van der Waals surface area contributed by atoms with Gasteiger partial charge in [0.25, 0.3) is 6.02 Å². The molecule has 0 saturated heterocycles. The minimum absolute atomic E-state index is 0.0330. The van der Waals surface area contributed by atoms with Gasteiger partial charge in [-0.25, -0.2) is 4.99 Å². The number of nitrogens with two attached hydrogens (primary N) is 1. The summed E-state index contributed by atoms with van der Waals surface area (Å²) in [5, 5.41) is 0. The van der Waals surface area contributed by atoms with E-state index in [1.54, 1.807) is 12.1 Å². The summed E-state index contributed by atoms with van der Waals surface area (Å²) in [4.78, 5) is 4.39. The molecule has 0 radical (unpaired) electrons. The second-order valence-corrected chi connectivity index (χ2v) is 11.1. The molecule has 4 aromatic rings. The second kappa shape index (κ2) is 13.3. The summed E-state index contributed by atoms with van der Waals surface area (Å²) in [6.07, 6.45) is -9.41. The van der Waals surface area contributed by atoms with Crippen molar-refractivity contribution in [1.82, 2.24) is 0 Å². The molecule has 5 nitrogen and oxygen atoms in total. The van der Waals surface area contributed by atoms with E-state index < -0.39 is 18.3 Å². The fraction of sp³-hybridized carbons (Fsp3) is 0.129. The number of aliphatic imine (C=N–C) groups is 1. The molecule has 1 atom stereocenters. The van der Waals surface area contributed by atoms with Crippen LogP contribution in [0.3, 0.4) is 0 Å². The minimum Gasteiger partial charge on any atom is -0.462 e. The highest BCUT2D eigenvalue weighted by Crippen LogP contribution is 2.39. The van der Waals surface area contributed by atoms with Crippen molar-refractivity contribution in [2.24, 2.45) is 10.7 Å². The molecule has 44 heavy (non-hydrogen) atoms. The standard InChI is InChI=1S/C16H12BrF3N2O2.C15H10BrF3O/c17-12-3-1-2-11(8-12)15(9-23-14(21)22-15)10-4-6-13(7-5-10)24-16(18,19)20;1-10(12-3-2-4-13(16)9-12)11-5-7-14(8-6-11)20-15(17,18)19/h1-8H,9H2,(H2,21,22);2-9H,1H2. The molecule has 1 heterocycles. The number of benzene rings is 4. The van der Waals surface area contributed by atoms with Crippen molar-refractivity contribution < 1.29 is 40.6 Å². The largest absolute Gasteiger partial charge is 0.573 e. The molecule has 2 N–H and O–H groups in total. The van der Waals surface area contributed by atoms with Gasteiger partial charge >= 0.3 is 12.7 Å². The first-order chi connectivity index (χ1) is 20.6. The highest BCUT2D eigenvalue weighted by molar-refractivity contribution is 9.10. The predicted octanol–water partition coefficient (Wildman–Crippen LogP) is 9.35. The van der Waals surface area contributed by atoms with E-state index in [1.807, 2.05) is 48.5 Å². The van der Waals surface area contributed by atoms with E-state index in [0.717, 1.165) is 31.2 Å². The molecule has 5 rings (SSSR count). The van der Waals surface area contributed by atoms with E-state index in [2.05, 4.69) is 52.9 Å². The van der Waals surface area contributed by atoms with Crippen LogP contribution in [0.4, 0.5) is 26.3 Å². The van der Waals surface area contributed by atoms with Crippen LogP contribution in [0, 0.1) is 0 Å². The zero-order chi connectivity index (χ0) is 32.1. The normalized spacial score (nSPS) is 16.2. The molecule has 1 unspecified atom stereocenters. The van der Waals surface area contributed by atoms with Crippen LogP contribution < -0.4 is 15.2 Å². The van der Waals surface area contributed by atoms with Crippen molar-refractivity contribution in [3.63, 3.8) is 0 Å². The maximum atomic E-state index is 12.3. The van der Waals surface area contributed by atoms with Crippen LogP contribution in [-0.4, -0.2) is 25.4 Å². The van der Waals surface area contributed by atoms with Crippen molar-refractivity contribution in [3.8, 4) is 11.5 Å². The molecule has 0 aliphatic carbocycles. The lowest BCUT2D eigenvalue weighted by Gasteiger charge is -2.25. The highest BCUT2D eigenvalue weighted by atomic mass is 79.9. The summed E-state index contributed by atoms with van der Waals surface area (Å²) in [7, 11) is 0. The van der Waals surface area contributed by atoms with Crippen molar-refractivity contribution in [2.75, 3.05) is 6.61 Å². The number of hydrogen-bond donors (Lipinski definition) is 1. The number of hydrogen-bond acceptors (Lipinski definition) is 5. The van der Waals surface area contributed by atoms with Crippen LogP contribution in [0.1, 0.15) is 22.3 Å². The molecule has 1 aliphatic heterocycles. The number of rotatable bonds is 6. The smallest absolute Gasteiger partial charge is 0.462 e. The molecule has 0 spiro atoms. The minimum atomic E-state index is -4.73. The van der Waals surface area contributed by atoms with Crippen molar-refractivity contribution in [3.05, 3.63) is 135 Å². The number of ether oxygens (including phenoxy) is 3. The zero-order valence-corrected chi connectivity index (χ0v) is 25.6. The first kappa shape index (κ1) is 32.9. The molecule has 4 aromatic carbocycles. The molecule has 0 bridgehead atoms. The van der Waals surface area contributed by atoms with Gasteiger partial charge in [-0.15, -0.1) is 26.3 Å². The lowest BCUT2D eigenvalue weighted by Crippen LogP contribution is -2.27. The van der Waals surface area contributed by atoms with Crippen LogP contribution in [0.25, 0.3) is 5.57 Å². The lowest BCUT2D eigenvalue weighted by molar-refractivity contribution is -0.275. The predicted molar refractivity (Wildman–Crippen MR) is 161 cm³/mol. The Morgan fingerprint density at radius 3 is 1.73 bits per heavy atom. The van der Waals surface area contributed by atoms with Gasteiger partial charge in [0, 0.05) is 8.95 Å². The fourth-order valence-corrected chi connectivity index (χ4v) is 5.07. The Hall–Kier alpha value is -3.97. The zero-order valence-electron chi connectivity index (χ0n) is 22.4. The van der Waals surface area contributed by atoms with Crippen molar-refractivity contribution in [2.45, 2.75) is 18.3 Å². The van der Waals surface area contributed by atoms with Crippen LogP contribution in [0.15, 0.2) is 118 Å². The van der Waals surface area contributed by atoms with Gasteiger partial charge < -0.3 is 19.9 Å². The molecular formula is C31H22Br2F6N2O3. The van der Waals surface area contributed by atoms with Gasteiger partial charge in [0.1, 0.15) is 18.1 Å². The third-order valence-electron chi connectivity index (χ3n) is 6.21. The molecule has 13 heteroatoms. The first-order valence-corrected chi connectivity index (χ1v) is 14.1. The maximum absolute atomic E-state index is 12.3. The highest BCUT2D eigenvalue weighted by Gasteiger charge is 2.40. The van der Waals surface area contributed by atoms with E-state index in [1.165, 1.54) is 36.4 Å². The molecule has 0 amide bonds. The Balaban J connectivity index is 0.000000204. The molecule has 0 saturated carbocycles. The van der Waals surface area contributed by atoms with Crippen LogP contribution >= 0.6 is 31.9 Å². The summed E-state index contributed by atoms with van der Waals surface area (Å²) in [5.41, 5.74) is 8.58. The summed E-state index contributed by atoms with van der Waals surface area (Å²) in [5.74, 6) is -0.546. The van der Waals surface area contributed by atoms with E-state index >= 15 is 0 Å². The Labute approximate surface area is 265 Å². The molecular weight excluding hydrogens is 722 g/mol. The summed E-state index contributed by atoms with van der Waals surface area (Å²) in [6.45, 7) is 4.12. The number of alkyl halides is 6. The summed E-state index contributed by atoms with van der Waals surface area (Å²) < 4.78 is 87.9. The van der Waals surface area contributed by atoms with Gasteiger partial charge in [0.15, 0.2) is 5.54 Å². The Bertz CT molecular complexity index is 1640. The van der Waals surface area contributed by atoms with Crippen molar-refractivity contribution >= 4 is 43.5 Å². The van der Waals surface area contributed by atoms with Crippen LogP contribution in [0.5, 0.6) is 11.5 Å². The van der Waals surface area contributed by atoms with Crippen molar-refractivity contribution in [1.29, 1.82) is 0 Å². The average Bonchev–Trinajstić information content (AvgIpc) is 3.35. The SMILES string of the molecule is C=C(c1ccc(OC(F)(F)F)cc1)c1cccc(Br)c1.NC1=NC(c2ccc(OC(F)(F)F)cc2)(c2cccc(Br)c2)CO1. The monoisotopic (exact) mass is 742 g/mol.